The van der Waals surface area contributed by atoms with Crippen LogP contribution in [-0.2, 0) is 23.9 Å². The highest BCUT2D eigenvalue weighted by molar-refractivity contribution is 7.13. The Morgan fingerprint density at radius 2 is 1.76 bits per heavy atom. The molecule has 0 aliphatic carbocycles. The molecule has 0 saturated carbocycles. The molecule has 2 aromatic rings. The molecule has 49 heavy (non-hydrogen) atoms. The lowest BCUT2D eigenvalue weighted by Crippen LogP contribution is -2.57. The fourth-order valence-electron chi connectivity index (χ4n) is 6.82. The van der Waals surface area contributed by atoms with Crippen LogP contribution >= 0.6 is 11.3 Å². The van der Waals surface area contributed by atoms with Crippen LogP contribution in [0.1, 0.15) is 96.4 Å². The Labute approximate surface area is 295 Å². The Kier molecular flexibility index (Phi) is 13.8. The summed E-state index contributed by atoms with van der Waals surface area (Å²) in [4.78, 5) is 61.2. The highest BCUT2D eigenvalue weighted by atomic mass is 32.1. The number of piperidine rings is 1. The zero-order valence-electron chi connectivity index (χ0n) is 30.0. The van der Waals surface area contributed by atoms with Gasteiger partial charge >= 0.3 is 5.97 Å². The second kappa shape index (κ2) is 17.5. The maximum atomic E-state index is 14.0. The zero-order chi connectivity index (χ0) is 35.7. The van der Waals surface area contributed by atoms with Crippen molar-refractivity contribution < 1.29 is 29.0 Å². The van der Waals surface area contributed by atoms with Gasteiger partial charge in [-0.15, -0.1) is 11.3 Å². The summed E-state index contributed by atoms with van der Waals surface area (Å²) in [6.45, 7) is 12.3. The molecule has 2 aliphatic heterocycles. The number of benzene rings is 1. The van der Waals surface area contributed by atoms with Crippen LogP contribution in [0.25, 0.3) is 10.4 Å². The van der Waals surface area contributed by atoms with Crippen LogP contribution in [0.4, 0.5) is 0 Å². The molecule has 1 aromatic heterocycles. The molecule has 3 heterocycles. The number of carbonyl (C=O) groups excluding carboxylic acids is 4. The number of methoxy groups -OCH3 is 1. The Morgan fingerprint density at radius 1 is 1.06 bits per heavy atom. The highest BCUT2D eigenvalue weighted by Gasteiger charge is 2.44. The van der Waals surface area contributed by atoms with Gasteiger partial charge in [0.25, 0.3) is 0 Å². The number of thiazole rings is 1. The van der Waals surface area contributed by atoms with Gasteiger partial charge in [-0.05, 0) is 68.7 Å². The second-order valence-electron chi connectivity index (χ2n) is 14.7. The van der Waals surface area contributed by atoms with Crippen molar-refractivity contribution in [3.8, 4) is 10.4 Å². The van der Waals surface area contributed by atoms with Crippen molar-refractivity contribution in [2.75, 3.05) is 33.3 Å². The molecule has 270 valence electrons. The number of carbonyl (C=O) groups is 4. The molecule has 2 saturated heterocycles. The molecule has 2 aliphatic rings. The van der Waals surface area contributed by atoms with Gasteiger partial charge in [0.05, 0.1) is 41.8 Å². The number of nitrogens with zero attached hydrogens (tertiary/aromatic N) is 3. The summed E-state index contributed by atoms with van der Waals surface area (Å²) in [5, 5.41) is 16.6. The first-order valence-corrected chi connectivity index (χ1v) is 18.5. The summed E-state index contributed by atoms with van der Waals surface area (Å²) in [5.74, 6) is -0.426. The molecule has 0 radical (unpaired) electrons. The van der Waals surface area contributed by atoms with Gasteiger partial charge in [-0.25, -0.2) is 4.98 Å². The van der Waals surface area contributed by atoms with Crippen molar-refractivity contribution in [3.05, 3.63) is 41.0 Å². The third-order valence-corrected chi connectivity index (χ3v) is 10.9. The van der Waals surface area contributed by atoms with Crippen molar-refractivity contribution in [3.63, 3.8) is 0 Å². The molecule has 4 atom stereocenters. The number of rotatable bonds is 14. The molecule has 2 fully saturated rings. The SMILES string of the molecule is COC(=O)CCN1CCC(CCCCC(=O)N[C@H](C(=O)N2C[C@H](O)C[C@H]2C(=O)N[C@@H](C)c2ccc(-c3scnc3C)cc2)C(C)(C)C)CC1. The summed E-state index contributed by atoms with van der Waals surface area (Å²) < 4.78 is 4.74. The van der Waals surface area contributed by atoms with Gasteiger partial charge in [0.15, 0.2) is 0 Å². The number of amides is 3. The van der Waals surface area contributed by atoms with E-state index in [0.717, 1.165) is 73.4 Å². The first-order valence-electron chi connectivity index (χ1n) is 17.6. The van der Waals surface area contributed by atoms with Gasteiger partial charge in [-0.1, -0.05) is 57.9 Å². The molecular formula is C37H55N5O6S. The van der Waals surface area contributed by atoms with Crippen molar-refractivity contribution in [1.29, 1.82) is 0 Å². The molecule has 11 nitrogen and oxygen atoms in total. The van der Waals surface area contributed by atoms with E-state index in [1.807, 2.05) is 64.4 Å². The monoisotopic (exact) mass is 697 g/mol. The van der Waals surface area contributed by atoms with Gasteiger partial charge < -0.3 is 30.3 Å². The predicted octanol–water partition coefficient (Wildman–Crippen LogP) is 4.62. The van der Waals surface area contributed by atoms with Gasteiger partial charge in [0.2, 0.25) is 17.7 Å². The first-order chi connectivity index (χ1) is 23.3. The number of hydrogen-bond acceptors (Lipinski definition) is 9. The van der Waals surface area contributed by atoms with Crippen LogP contribution in [-0.4, -0.2) is 95.1 Å². The highest BCUT2D eigenvalue weighted by Crippen LogP contribution is 2.30. The van der Waals surface area contributed by atoms with Crippen molar-refractivity contribution in [1.82, 2.24) is 25.4 Å². The van der Waals surface area contributed by atoms with Crippen LogP contribution in [0.15, 0.2) is 29.8 Å². The molecule has 3 N–H and O–H groups in total. The van der Waals surface area contributed by atoms with Crippen LogP contribution < -0.4 is 10.6 Å². The number of ether oxygens (including phenoxy) is 1. The van der Waals surface area contributed by atoms with Crippen molar-refractivity contribution >= 4 is 35.0 Å². The van der Waals surface area contributed by atoms with E-state index in [2.05, 4.69) is 20.5 Å². The number of aromatic nitrogens is 1. The third-order valence-electron chi connectivity index (χ3n) is 9.89. The van der Waals surface area contributed by atoms with Gasteiger partial charge in [-0.3, -0.25) is 19.2 Å². The lowest BCUT2D eigenvalue weighted by Gasteiger charge is -2.35. The normalized spacial score (nSPS) is 20.1. The summed E-state index contributed by atoms with van der Waals surface area (Å²) in [6, 6.07) is 6.02. The molecule has 0 bridgehead atoms. The minimum absolute atomic E-state index is 0.0398. The van der Waals surface area contributed by atoms with Crippen LogP contribution in [0.5, 0.6) is 0 Å². The van der Waals surface area contributed by atoms with E-state index in [1.165, 1.54) is 12.0 Å². The smallest absolute Gasteiger partial charge is 0.306 e. The topological polar surface area (TPSA) is 141 Å². The van der Waals surface area contributed by atoms with E-state index >= 15 is 0 Å². The van der Waals surface area contributed by atoms with E-state index in [-0.39, 0.29) is 42.7 Å². The number of β-amino-alcohol motifs (C(OH)–C–C–N with tert-alkyl or cyclic N) is 1. The predicted molar refractivity (Wildman–Crippen MR) is 191 cm³/mol. The van der Waals surface area contributed by atoms with Crippen molar-refractivity contribution in [2.24, 2.45) is 11.3 Å². The molecule has 3 amide bonds. The average molecular weight is 698 g/mol. The Hall–Kier alpha value is -3.35. The summed E-state index contributed by atoms with van der Waals surface area (Å²) in [7, 11) is 1.42. The van der Waals surface area contributed by atoms with E-state index in [4.69, 9.17) is 4.74 Å². The minimum Gasteiger partial charge on any atom is -0.469 e. The second-order valence-corrected chi connectivity index (χ2v) is 15.6. The van der Waals surface area contributed by atoms with Crippen LogP contribution in [0, 0.1) is 18.3 Å². The Morgan fingerprint density at radius 3 is 2.37 bits per heavy atom. The molecule has 0 unspecified atom stereocenters. The Bertz CT molecular complexity index is 1410. The quantitative estimate of drug-likeness (QED) is 0.192. The molecule has 1 aromatic carbocycles. The van der Waals surface area contributed by atoms with Crippen LogP contribution in [0.3, 0.4) is 0 Å². The third kappa shape index (κ3) is 10.8. The van der Waals surface area contributed by atoms with Gasteiger partial charge in [-0.2, -0.15) is 0 Å². The number of esters is 1. The number of aliphatic hydroxyl groups excluding tert-OH is 1. The molecule has 12 heteroatoms. The van der Waals surface area contributed by atoms with E-state index in [9.17, 15) is 24.3 Å². The number of aliphatic hydroxyl groups is 1. The fraction of sp³-hybridized carbons (Fsp3) is 0.649. The average Bonchev–Trinajstić information content (AvgIpc) is 3.69. The van der Waals surface area contributed by atoms with Gasteiger partial charge in [0.1, 0.15) is 12.1 Å². The first kappa shape index (κ1) is 38.5. The number of nitrogens with one attached hydrogen (secondary N) is 2. The number of likely N-dealkylation sites (tertiary alicyclic amines) is 2. The van der Waals surface area contributed by atoms with Crippen LogP contribution in [0.2, 0.25) is 0 Å². The zero-order valence-corrected chi connectivity index (χ0v) is 30.8. The molecule has 0 spiro atoms. The molecular weight excluding hydrogens is 643 g/mol. The lowest BCUT2D eigenvalue weighted by molar-refractivity contribution is -0.144. The number of aryl methyl sites for hydroxylation is 1. The Balaban J connectivity index is 1.26. The van der Waals surface area contributed by atoms with Gasteiger partial charge in [0, 0.05) is 25.9 Å². The lowest BCUT2D eigenvalue weighted by atomic mass is 9.85. The van der Waals surface area contributed by atoms with E-state index in [1.54, 1.807) is 11.3 Å². The fourth-order valence-corrected chi connectivity index (χ4v) is 7.63. The maximum Gasteiger partial charge on any atom is 0.306 e. The summed E-state index contributed by atoms with van der Waals surface area (Å²) in [5.41, 5.74) is 4.20. The van der Waals surface area contributed by atoms with Crippen molar-refractivity contribution in [2.45, 2.75) is 110 Å². The van der Waals surface area contributed by atoms with E-state index < -0.39 is 23.6 Å². The van der Waals surface area contributed by atoms with E-state index in [0.29, 0.717) is 18.8 Å². The number of unbranched alkanes of at least 4 members (excludes halogenated alkanes) is 1. The maximum absolute atomic E-state index is 14.0. The standard InChI is InChI=1S/C37H55N5O6S/c1-24(27-11-13-28(14-12-27)33-25(2)38-23-49-33)39-35(46)30-21-29(43)22-42(30)36(47)34(37(3,4)5)40-31(44)10-8-7-9-26-15-18-41(19-16-26)20-17-32(45)48-6/h11-14,23-24,26,29-30,34,43H,7-10,15-22H2,1-6H3,(H,39,46)(H,40,44)/t24-,29+,30-,34+/m0/s1. The summed E-state index contributed by atoms with van der Waals surface area (Å²) >= 11 is 1.59. The summed E-state index contributed by atoms with van der Waals surface area (Å²) in [6.07, 6.45) is 4.95. The number of hydrogen-bond donors (Lipinski definition) is 3. The minimum atomic E-state index is -0.838. The largest absolute Gasteiger partial charge is 0.469 e. The molecule has 4 rings (SSSR count).